The fourth-order valence-corrected chi connectivity index (χ4v) is 2.76. The van der Waals surface area contributed by atoms with Crippen molar-refractivity contribution < 1.29 is 9.90 Å². The van der Waals surface area contributed by atoms with Crippen LogP contribution in [0.4, 0.5) is 0 Å². The normalized spacial score (nSPS) is 14.5. The molecule has 0 bridgehead atoms. The number of carbonyl (C=O) groups is 1. The van der Waals surface area contributed by atoms with Gasteiger partial charge in [0.15, 0.2) is 0 Å². The maximum atomic E-state index is 11.7. The highest BCUT2D eigenvalue weighted by Crippen LogP contribution is 2.21. The van der Waals surface area contributed by atoms with Gasteiger partial charge >= 0.3 is 0 Å². The summed E-state index contributed by atoms with van der Waals surface area (Å²) >= 11 is 4.74. The zero-order valence-electron chi connectivity index (χ0n) is 9.37. The number of rotatable bonds is 5. The molecule has 0 aromatic carbocycles. The summed E-state index contributed by atoms with van der Waals surface area (Å²) in [6.45, 7) is 4.37. The third-order valence-corrected chi connectivity index (χ3v) is 3.77. The standard InChI is InChI=1S/C11H16BrNO2S/c1-7(5-8(2)14)6-13-11(15)9-3-4-10(12)16-9/h3-4,7-8,14H,5-6H2,1-2H3,(H,13,15). The Kier molecular flexibility index (Phi) is 5.44. The molecule has 0 saturated heterocycles. The van der Waals surface area contributed by atoms with Crippen molar-refractivity contribution in [3.05, 3.63) is 20.8 Å². The lowest BCUT2D eigenvalue weighted by molar-refractivity contribution is 0.0943. The Balaban J connectivity index is 2.35. The number of nitrogens with one attached hydrogen (secondary N) is 1. The number of carbonyl (C=O) groups excluding carboxylic acids is 1. The second-order valence-corrected chi connectivity index (χ2v) is 6.47. The largest absolute Gasteiger partial charge is 0.393 e. The van der Waals surface area contributed by atoms with Crippen molar-refractivity contribution >= 4 is 33.2 Å². The molecule has 1 aromatic heterocycles. The zero-order chi connectivity index (χ0) is 12.1. The van der Waals surface area contributed by atoms with Crippen molar-refractivity contribution in [3.63, 3.8) is 0 Å². The van der Waals surface area contributed by atoms with Gasteiger partial charge in [0.2, 0.25) is 0 Å². The lowest BCUT2D eigenvalue weighted by atomic mass is 10.0. The zero-order valence-corrected chi connectivity index (χ0v) is 11.8. The highest BCUT2D eigenvalue weighted by molar-refractivity contribution is 9.11. The summed E-state index contributed by atoms with van der Waals surface area (Å²) < 4.78 is 0.953. The molecule has 90 valence electrons. The van der Waals surface area contributed by atoms with Crippen LogP contribution >= 0.6 is 27.3 Å². The molecular formula is C11H16BrNO2S. The number of hydrogen-bond donors (Lipinski definition) is 2. The number of thiophene rings is 1. The molecule has 16 heavy (non-hydrogen) atoms. The van der Waals surface area contributed by atoms with Gasteiger partial charge in [0.1, 0.15) is 0 Å². The summed E-state index contributed by atoms with van der Waals surface area (Å²) in [5.41, 5.74) is 0. The van der Waals surface area contributed by atoms with Crippen LogP contribution in [0.5, 0.6) is 0 Å². The van der Waals surface area contributed by atoms with Gasteiger partial charge in [0.05, 0.1) is 14.8 Å². The molecule has 0 aliphatic heterocycles. The number of aliphatic hydroxyl groups excluding tert-OH is 1. The molecule has 0 fully saturated rings. The Morgan fingerprint density at radius 3 is 2.75 bits per heavy atom. The average Bonchev–Trinajstić information content (AvgIpc) is 2.60. The molecule has 2 N–H and O–H groups in total. The summed E-state index contributed by atoms with van der Waals surface area (Å²) in [5, 5.41) is 12.0. The van der Waals surface area contributed by atoms with Gasteiger partial charge in [0, 0.05) is 6.54 Å². The van der Waals surface area contributed by atoms with Crippen LogP contribution in [-0.2, 0) is 0 Å². The minimum atomic E-state index is -0.317. The molecule has 0 spiro atoms. The van der Waals surface area contributed by atoms with Crippen LogP contribution in [0.1, 0.15) is 29.9 Å². The molecule has 3 nitrogen and oxygen atoms in total. The SMILES string of the molecule is CC(O)CC(C)CNC(=O)c1ccc(Br)s1. The number of halogens is 1. The maximum absolute atomic E-state index is 11.7. The lowest BCUT2D eigenvalue weighted by Gasteiger charge is -2.13. The molecule has 2 unspecified atom stereocenters. The van der Waals surface area contributed by atoms with Crippen LogP contribution in [0.3, 0.4) is 0 Å². The number of hydrogen-bond acceptors (Lipinski definition) is 3. The van der Waals surface area contributed by atoms with Crippen LogP contribution in [0, 0.1) is 5.92 Å². The van der Waals surface area contributed by atoms with Crippen LogP contribution in [0.25, 0.3) is 0 Å². The Bertz CT molecular complexity index is 352. The second kappa shape index (κ2) is 6.37. The van der Waals surface area contributed by atoms with Gasteiger partial charge < -0.3 is 10.4 Å². The Hall–Kier alpha value is -0.390. The van der Waals surface area contributed by atoms with E-state index in [9.17, 15) is 9.90 Å². The molecule has 0 aliphatic carbocycles. The van der Waals surface area contributed by atoms with Crippen LogP contribution in [-0.4, -0.2) is 23.7 Å². The van der Waals surface area contributed by atoms with Gasteiger partial charge in [-0.1, -0.05) is 6.92 Å². The quantitative estimate of drug-likeness (QED) is 0.878. The van der Waals surface area contributed by atoms with Crippen molar-refractivity contribution in [2.45, 2.75) is 26.4 Å². The Morgan fingerprint density at radius 2 is 2.25 bits per heavy atom. The second-order valence-electron chi connectivity index (χ2n) is 4.00. The molecule has 0 radical (unpaired) electrons. The van der Waals surface area contributed by atoms with E-state index in [1.54, 1.807) is 13.0 Å². The molecule has 1 heterocycles. The van der Waals surface area contributed by atoms with Crippen LogP contribution in [0.15, 0.2) is 15.9 Å². The fraction of sp³-hybridized carbons (Fsp3) is 0.545. The lowest BCUT2D eigenvalue weighted by Crippen LogP contribution is -2.28. The number of amides is 1. The van der Waals surface area contributed by atoms with Crippen molar-refractivity contribution in [2.75, 3.05) is 6.54 Å². The monoisotopic (exact) mass is 305 g/mol. The topological polar surface area (TPSA) is 49.3 Å². The van der Waals surface area contributed by atoms with E-state index in [1.165, 1.54) is 11.3 Å². The van der Waals surface area contributed by atoms with Gasteiger partial charge in [-0.2, -0.15) is 0 Å². The van der Waals surface area contributed by atoms with Crippen LogP contribution in [0.2, 0.25) is 0 Å². The first kappa shape index (κ1) is 13.7. The van der Waals surface area contributed by atoms with Gasteiger partial charge in [-0.05, 0) is 47.3 Å². The molecule has 1 rings (SSSR count). The first-order valence-electron chi connectivity index (χ1n) is 5.20. The summed E-state index contributed by atoms with van der Waals surface area (Å²) in [5.74, 6) is 0.237. The summed E-state index contributed by atoms with van der Waals surface area (Å²) in [6.07, 6.45) is 0.386. The maximum Gasteiger partial charge on any atom is 0.261 e. The van der Waals surface area contributed by atoms with E-state index in [0.29, 0.717) is 17.8 Å². The highest BCUT2D eigenvalue weighted by atomic mass is 79.9. The molecule has 0 saturated carbocycles. The molecule has 2 atom stereocenters. The molecule has 5 heteroatoms. The first-order valence-corrected chi connectivity index (χ1v) is 6.81. The van der Waals surface area contributed by atoms with Crippen molar-refractivity contribution in [1.29, 1.82) is 0 Å². The minimum Gasteiger partial charge on any atom is -0.393 e. The fourth-order valence-electron chi connectivity index (χ4n) is 1.46. The predicted octanol–water partition coefficient (Wildman–Crippen LogP) is 2.65. The Labute approximate surface area is 108 Å². The van der Waals surface area contributed by atoms with Crippen molar-refractivity contribution in [3.8, 4) is 0 Å². The molecular weight excluding hydrogens is 290 g/mol. The van der Waals surface area contributed by atoms with Gasteiger partial charge in [-0.25, -0.2) is 0 Å². The van der Waals surface area contributed by atoms with Gasteiger partial charge in [-0.3, -0.25) is 4.79 Å². The molecule has 1 amide bonds. The smallest absolute Gasteiger partial charge is 0.261 e. The van der Waals surface area contributed by atoms with E-state index in [0.717, 1.165) is 3.79 Å². The van der Waals surface area contributed by atoms with Crippen molar-refractivity contribution in [2.24, 2.45) is 5.92 Å². The van der Waals surface area contributed by atoms with E-state index >= 15 is 0 Å². The highest BCUT2D eigenvalue weighted by Gasteiger charge is 2.11. The van der Waals surface area contributed by atoms with Crippen LogP contribution < -0.4 is 5.32 Å². The molecule has 1 aromatic rings. The van der Waals surface area contributed by atoms with Gasteiger partial charge in [-0.15, -0.1) is 11.3 Å². The minimum absolute atomic E-state index is 0.0480. The van der Waals surface area contributed by atoms with E-state index in [2.05, 4.69) is 21.2 Å². The third-order valence-electron chi connectivity index (χ3n) is 2.15. The predicted molar refractivity (Wildman–Crippen MR) is 69.8 cm³/mol. The first-order chi connectivity index (χ1) is 7.49. The van der Waals surface area contributed by atoms with E-state index in [1.807, 2.05) is 13.0 Å². The van der Waals surface area contributed by atoms with E-state index < -0.39 is 0 Å². The summed E-state index contributed by atoms with van der Waals surface area (Å²) in [7, 11) is 0. The summed E-state index contributed by atoms with van der Waals surface area (Å²) in [6, 6.07) is 3.65. The van der Waals surface area contributed by atoms with Crippen molar-refractivity contribution in [1.82, 2.24) is 5.32 Å². The molecule has 0 aliphatic rings. The van der Waals surface area contributed by atoms with E-state index in [-0.39, 0.29) is 17.9 Å². The van der Waals surface area contributed by atoms with Gasteiger partial charge in [0.25, 0.3) is 5.91 Å². The van der Waals surface area contributed by atoms with E-state index in [4.69, 9.17) is 0 Å². The average molecular weight is 306 g/mol. The summed E-state index contributed by atoms with van der Waals surface area (Å²) in [4.78, 5) is 12.4. The Morgan fingerprint density at radius 1 is 1.56 bits per heavy atom. The third kappa shape index (κ3) is 4.63. The number of aliphatic hydroxyl groups is 1.